The van der Waals surface area contributed by atoms with E-state index in [-0.39, 0.29) is 19.9 Å². The molecule has 1 aliphatic rings. The fourth-order valence-electron chi connectivity index (χ4n) is 2.74. The van der Waals surface area contributed by atoms with Crippen LogP contribution in [0.15, 0.2) is 42.5 Å². The summed E-state index contributed by atoms with van der Waals surface area (Å²) < 4.78 is 35.9. The number of amides is 1. The second-order valence-corrected chi connectivity index (χ2v) is 8.16. The van der Waals surface area contributed by atoms with Gasteiger partial charge in [0.15, 0.2) is 11.5 Å². The van der Waals surface area contributed by atoms with Crippen LogP contribution in [0.3, 0.4) is 0 Å². The molecule has 0 fully saturated rings. The van der Waals surface area contributed by atoms with E-state index in [2.05, 4.69) is 5.32 Å². The van der Waals surface area contributed by atoms with Crippen LogP contribution < -0.4 is 19.1 Å². The topological polar surface area (TPSA) is 84.9 Å². The van der Waals surface area contributed by atoms with Gasteiger partial charge in [-0.15, -0.1) is 0 Å². The second-order valence-electron chi connectivity index (χ2n) is 6.25. The van der Waals surface area contributed by atoms with Crippen molar-refractivity contribution >= 4 is 21.6 Å². The quantitative estimate of drug-likeness (QED) is 0.782. The molecular weight excluding hydrogens is 368 g/mol. The van der Waals surface area contributed by atoms with Gasteiger partial charge in [0.1, 0.15) is 6.54 Å². The zero-order chi connectivity index (χ0) is 19.4. The van der Waals surface area contributed by atoms with Crippen LogP contribution in [0.4, 0.5) is 5.69 Å². The summed E-state index contributed by atoms with van der Waals surface area (Å²) in [6, 6.07) is 12.5. The third-order valence-corrected chi connectivity index (χ3v) is 5.39. The summed E-state index contributed by atoms with van der Waals surface area (Å²) in [6.45, 7) is 2.19. The lowest BCUT2D eigenvalue weighted by Crippen LogP contribution is -2.40. The summed E-state index contributed by atoms with van der Waals surface area (Å²) in [5.41, 5.74) is 2.40. The number of rotatable bonds is 7. The number of hydrogen-bond acceptors (Lipinski definition) is 5. The number of fused-ring (bicyclic) bond motifs is 1. The first-order valence-electron chi connectivity index (χ1n) is 8.58. The van der Waals surface area contributed by atoms with E-state index >= 15 is 0 Å². The summed E-state index contributed by atoms with van der Waals surface area (Å²) >= 11 is 0. The molecule has 0 saturated heterocycles. The van der Waals surface area contributed by atoms with E-state index in [1.807, 2.05) is 25.1 Å². The van der Waals surface area contributed by atoms with Crippen molar-refractivity contribution in [3.8, 4) is 11.5 Å². The van der Waals surface area contributed by atoms with Gasteiger partial charge in [-0.1, -0.05) is 25.1 Å². The van der Waals surface area contributed by atoms with Crippen LogP contribution in [0.1, 0.15) is 18.1 Å². The number of benzene rings is 2. The summed E-state index contributed by atoms with van der Waals surface area (Å²) in [5.74, 6) is 0.914. The van der Waals surface area contributed by atoms with Crippen molar-refractivity contribution in [3.63, 3.8) is 0 Å². The average molecular weight is 390 g/mol. The van der Waals surface area contributed by atoms with Gasteiger partial charge in [-0.25, -0.2) is 8.42 Å². The van der Waals surface area contributed by atoms with Crippen LogP contribution in [-0.2, 0) is 27.8 Å². The van der Waals surface area contributed by atoms with Gasteiger partial charge < -0.3 is 14.8 Å². The Morgan fingerprint density at radius 3 is 2.41 bits per heavy atom. The normalized spacial score (nSPS) is 12.7. The number of aryl methyl sites for hydroxylation is 1. The Bertz CT molecular complexity index is 926. The van der Waals surface area contributed by atoms with Gasteiger partial charge in [0.25, 0.3) is 0 Å². The summed E-state index contributed by atoms with van der Waals surface area (Å²) in [4.78, 5) is 12.3. The van der Waals surface area contributed by atoms with Crippen LogP contribution in [0.25, 0.3) is 0 Å². The van der Waals surface area contributed by atoms with Crippen molar-refractivity contribution in [2.24, 2.45) is 0 Å². The van der Waals surface area contributed by atoms with Crippen molar-refractivity contribution < 1.29 is 22.7 Å². The van der Waals surface area contributed by atoms with Gasteiger partial charge in [-0.05, 0) is 41.8 Å². The van der Waals surface area contributed by atoms with E-state index in [4.69, 9.17) is 9.47 Å². The highest BCUT2D eigenvalue weighted by atomic mass is 32.2. The first kappa shape index (κ1) is 19.0. The number of ether oxygens (including phenoxy) is 2. The minimum absolute atomic E-state index is 0.186. The standard InChI is InChI=1S/C19H22N2O5S/c1-3-14-4-7-16(8-5-14)21(27(2,23)24)12-19(22)20-11-15-6-9-17-18(10-15)26-13-25-17/h4-10H,3,11-13H2,1-2H3,(H,20,22). The average Bonchev–Trinajstić information content (AvgIpc) is 3.11. The Balaban J connectivity index is 1.65. The number of sulfonamides is 1. The maximum atomic E-state index is 12.3. The van der Waals surface area contributed by atoms with Crippen LogP contribution in [0.2, 0.25) is 0 Å². The largest absolute Gasteiger partial charge is 0.454 e. The molecule has 1 heterocycles. The number of carbonyl (C=O) groups excluding carboxylic acids is 1. The third-order valence-electron chi connectivity index (χ3n) is 4.25. The molecule has 1 aliphatic heterocycles. The van der Waals surface area contributed by atoms with Crippen LogP contribution >= 0.6 is 0 Å². The minimum atomic E-state index is -3.59. The van der Waals surface area contributed by atoms with E-state index in [0.29, 0.717) is 17.2 Å². The van der Waals surface area contributed by atoms with Crippen LogP contribution in [0, 0.1) is 0 Å². The maximum Gasteiger partial charge on any atom is 0.241 e. The van der Waals surface area contributed by atoms with Gasteiger partial charge in [0.2, 0.25) is 22.7 Å². The maximum absolute atomic E-state index is 12.3. The van der Waals surface area contributed by atoms with Crippen molar-refractivity contribution in [2.75, 3.05) is 23.9 Å². The summed E-state index contributed by atoms with van der Waals surface area (Å²) in [6.07, 6.45) is 1.95. The molecule has 3 rings (SSSR count). The van der Waals surface area contributed by atoms with E-state index in [0.717, 1.165) is 28.1 Å². The first-order valence-corrected chi connectivity index (χ1v) is 10.4. The number of anilines is 1. The fourth-order valence-corrected chi connectivity index (χ4v) is 3.59. The Morgan fingerprint density at radius 2 is 1.74 bits per heavy atom. The SMILES string of the molecule is CCc1ccc(N(CC(=O)NCc2ccc3c(c2)OCO3)S(C)(=O)=O)cc1. The minimum Gasteiger partial charge on any atom is -0.454 e. The molecule has 8 heteroatoms. The Morgan fingerprint density at radius 1 is 1.07 bits per heavy atom. The molecule has 27 heavy (non-hydrogen) atoms. The first-order chi connectivity index (χ1) is 12.9. The number of nitrogens with zero attached hydrogens (tertiary/aromatic N) is 1. The molecule has 0 spiro atoms. The Hall–Kier alpha value is -2.74. The monoisotopic (exact) mass is 390 g/mol. The van der Waals surface area contributed by atoms with Crippen molar-refractivity contribution in [1.29, 1.82) is 0 Å². The Kier molecular flexibility index (Phi) is 5.55. The highest BCUT2D eigenvalue weighted by Crippen LogP contribution is 2.32. The fraction of sp³-hybridized carbons (Fsp3) is 0.316. The second kappa shape index (κ2) is 7.87. The van der Waals surface area contributed by atoms with Gasteiger partial charge >= 0.3 is 0 Å². The molecule has 0 saturated carbocycles. The zero-order valence-corrected chi connectivity index (χ0v) is 16.1. The molecule has 7 nitrogen and oxygen atoms in total. The molecule has 1 N–H and O–H groups in total. The van der Waals surface area contributed by atoms with E-state index in [1.165, 1.54) is 0 Å². The van der Waals surface area contributed by atoms with Crippen molar-refractivity contribution in [3.05, 3.63) is 53.6 Å². The van der Waals surface area contributed by atoms with E-state index < -0.39 is 15.9 Å². The van der Waals surface area contributed by atoms with E-state index in [1.54, 1.807) is 24.3 Å². The molecule has 144 valence electrons. The summed E-state index contributed by atoms with van der Waals surface area (Å²) in [7, 11) is -3.59. The Labute approximate surface area is 158 Å². The molecule has 0 aliphatic carbocycles. The lowest BCUT2D eigenvalue weighted by Gasteiger charge is -2.22. The lowest BCUT2D eigenvalue weighted by molar-refractivity contribution is -0.119. The van der Waals surface area contributed by atoms with Gasteiger partial charge in [-0.2, -0.15) is 0 Å². The zero-order valence-electron chi connectivity index (χ0n) is 15.3. The predicted molar refractivity (Wildman–Crippen MR) is 102 cm³/mol. The van der Waals surface area contributed by atoms with Crippen LogP contribution in [0.5, 0.6) is 11.5 Å². The van der Waals surface area contributed by atoms with E-state index in [9.17, 15) is 13.2 Å². The highest BCUT2D eigenvalue weighted by molar-refractivity contribution is 7.92. The smallest absolute Gasteiger partial charge is 0.241 e. The molecule has 2 aromatic rings. The molecule has 0 radical (unpaired) electrons. The molecule has 0 atom stereocenters. The summed E-state index contributed by atoms with van der Waals surface area (Å²) in [5, 5.41) is 2.74. The molecule has 0 unspecified atom stereocenters. The molecule has 0 bridgehead atoms. The highest BCUT2D eigenvalue weighted by Gasteiger charge is 2.21. The number of carbonyl (C=O) groups is 1. The molecule has 0 aromatic heterocycles. The van der Waals surface area contributed by atoms with Crippen LogP contribution in [-0.4, -0.2) is 33.9 Å². The van der Waals surface area contributed by atoms with Crippen molar-refractivity contribution in [1.82, 2.24) is 5.32 Å². The third kappa shape index (κ3) is 4.71. The van der Waals surface area contributed by atoms with Crippen molar-refractivity contribution in [2.45, 2.75) is 19.9 Å². The lowest BCUT2D eigenvalue weighted by atomic mass is 10.1. The molecule has 2 aromatic carbocycles. The van der Waals surface area contributed by atoms with Gasteiger partial charge in [0, 0.05) is 6.54 Å². The predicted octanol–water partition coefficient (Wildman–Crippen LogP) is 2.06. The van der Waals surface area contributed by atoms with Gasteiger partial charge in [0.05, 0.1) is 11.9 Å². The number of hydrogen-bond donors (Lipinski definition) is 1. The van der Waals surface area contributed by atoms with Gasteiger partial charge in [-0.3, -0.25) is 9.10 Å². The molecule has 1 amide bonds. The molecular formula is C19H22N2O5S. The number of nitrogens with one attached hydrogen (secondary N) is 1.